The number of nitrogens with one attached hydrogen (secondary N) is 1. The van der Waals surface area contributed by atoms with E-state index in [-0.39, 0.29) is 6.04 Å². The Bertz CT molecular complexity index is 655. The summed E-state index contributed by atoms with van der Waals surface area (Å²) in [6.45, 7) is 10.0. The molecule has 0 fully saturated rings. The van der Waals surface area contributed by atoms with Crippen molar-refractivity contribution in [2.45, 2.75) is 40.2 Å². The molecule has 25 heavy (non-hydrogen) atoms. The van der Waals surface area contributed by atoms with Gasteiger partial charge in [-0.15, -0.1) is 0 Å². The molecule has 0 unspecified atom stereocenters. The van der Waals surface area contributed by atoms with Gasteiger partial charge in [0.05, 0.1) is 24.6 Å². The molecule has 1 aromatic heterocycles. The number of thiocarbonyl (C=S) groups is 1. The molecule has 0 saturated carbocycles. The van der Waals surface area contributed by atoms with Gasteiger partial charge < -0.3 is 19.4 Å². The Labute approximate surface area is 156 Å². The van der Waals surface area contributed by atoms with Crippen LogP contribution in [0, 0.1) is 5.92 Å². The van der Waals surface area contributed by atoms with Crippen molar-refractivity contribution in [2.24, 2.45) is 5.92 Å². The van der Waals surface area contributed by atoms with Crippen LogP contribution in [0.2, 0.25) is 0 Å². The molecule has 2 rings (SSSR count). The van der Waals surface area contributed by atoms with Gasteiger partial charge in [-0.05, 0) is 62.7 Å². The molecule has 0 aliphatic carbocycles. The lowest BCUT2D eigenvalue weighted by molar-refractivity contribution is 0.281. The molecule has 0 radical (unpaired) electrons. The number of furan rings is 1. The summed E-state index contributed by atoms with van der Waals surface area (Å²) in [5.74, 6) is 2.32. The predicted octanol–water partition coefficient (Wildman–Crippen LogP) is 5.48. The van der Waals surface area contributed by atoms with Gasteiger partial charge in [0.15, 0.2) is 5.11 Å². The molecule has 1 atom stereocenters. The van der Waals surface area contributed by atoms with Crippen LogP contribution in [-0.4, -0.2) is 23.2 Å². The minimum Gasteiger partial charge on any atom is -0.492 e. The van der Waals surface area contributed by atoms with Crippen molar-refractivity contribution < 1.29 is 9.15 Å². The van der Waals surface area contributed by atoms with Crippen molar-refractivity contribution in [3.63, 3.8) is 0 Å². The summed E-state index contributed by atoms with van der Waals surface area (Å²) < 4.78 is 11.3. The van der Waals surface area contributed by atoms with Crippen molar-refractivity contribution in [2.75, 3.05) is 18.5 Å². The summed E-state index contributed by atoms with van der Waals surface area (Å²) in [6.07, 6.45) is 2.76. The first kappa shape index (κ1) is 19.3. The van der Waals surface area contributed by atoms with Gasteiger partial charge in [-0.25, -0.2) is 0 Å². The third kappa shape index (κ3) is 5.49. The molecule has 0 spiro atoms. The molecule has 0 aliphatic rings. The molecule has 0 aliphatic heterocycles. The molecule has 4 nitrogen and oxygen atoms in total. The molecule has 2 aromatic rings. The number of hydrogen-bond donors (Lipinski definition) is 1. The standard InChI is InChI=1S/C20H28N2O2S/c1-5-23-19-10-7-6-9-17(19)21-20(25)22(13-12-15(2)3)16(4)18-11-8-14-24-18/h6-11,14-16H,5,12-13H2,1-4H3,(H,21,25)/t16-/m0/s1. The van der Waals surface area contributed by atoms with E-state index in [1.165, 1.54) is 0 Å². The molecule has 136 valence electrons. The van der Waals surface area contributed by atoms with E-state index in [1.54, 1.807) is 6.26 Å². The van der Waals surface area contributed by atoms with Crippen LogP contribution in [0.1, 0.15) is 45.9 Å². The summed E-state index contributed by atoms with van der Waals surface area (Å²) in [4.78, 5) is 2.18. The molecule has 1 heterocycles. The largest absolute Gasteiger partial charge is 0.492 e. The fourth-order valence-electron chi connectivity index (χ4n) is 2.59. The first-order valence-corrected chi connectivity index (χ1v) is 9.26. The zero-order chi connectivity index (χ0) is 18.2. The summed E-state index contributed by atoms with van der Waals surface area (Å²) in [5, 5.41) is 4.03. The van der Waals surface area contributed by atoms with Gasteiger partial charge in [-0.2, -0.15) is 0 Å². The van der Waals surface area contributed by atoms with Crippen molar-refractivity contribution in [3.05, 3.63) is 48.4 Å². The van der Waals surface area contributed by atoms with Crippen LogP contribution in [0.3, 0.4) is 0 Å². The molecule has 5 heteroatoms. The second-order valence-electron chi connectivity index (χ2n) is 6.43. The average Bonchev–Trinajstić information content (AvgIpc) is 3.11. The third-order valence-electron chi connectivity index (χ3n) is 4.06. The van der Waals surface area contributed by atoms with Gasteiger partial charge in [0, 0.05) is 6.54 Å². The minimum absolute atomic E-state index is 0.0630. The number of nitrogens with zero attached hydrogens (tertiary/aromatic N) is 1. The van der Waals surface area contributed by atoms with Gasteiger partial charge in [0.1, 0.15) is 11.5 Å². The minimum atomic E-state index is 0.0630. The zero-order valence-corrected chi connectivity index (χ0v) is 16.3. The second-order valence-corrected chi connectivity index (χ2v) is 6.81. The first-order chi connectivity index (χ1) is 12.0. The monoisotopic (exact) mass is 360 g/mol. The van der Waals surface area contributed by atoms with Gasteiger partial charge in [-0.1, -0.05) is 26.0 Å². The summed E-state index contributed by atoms with van der Waals surface area (Å²) in [5.41, 5.74) is 0.885. The van der Waals surface area contributed by atoms with Gasteiger partial charge in [0.2, 0.25) is 0 Å². The molecule has 0 amide bonds. The van der Waals surface area contributed by atoms with Crippen LogP contribution < -0.4 is 10.1 Å². The lowest BCUT2D eigenvalue weighted by Gasteiger charge is -2.31. The third-order valence-corrected chi connectivity index (χ3v) is 4.40. The highest BCUT2D eigenvalue weighted by Gasteiger charge is 2.21. The summed E-state index contributed by atoms with van der Waals surface area (Å²) in [6, 6.07) is 11.8. The Morgan fingerprint density at radius 3 is 2.60 bits per heavy atom. The quantitative estimate of drug-likeness (QED) is 0.631. The van der Waals surface area contributed by atoms with Gasteiger partial charge in [-0.3, -0.25) is 0 Å². The Kier molecular flexibility index (Phi) is 7.31. The van der Waals surface area contributed by atoms with E-state index in [0.29, 0.717) is 17.6 Å². The van der Waals surface area contributed by atoms with Crippen LogP contribution in [0.15, 0.2) is 47.1 Å². The van der Waals surface area contributed by atoms with Gasteiger partial charge >= 0.3 is 0 Å². The molecule has 0 saturated heterocycles. The lowest BCUT2D eigenvalue weighted by atomic mass is 10.1. The highest BCUT2D eigenvalue weighted by molar-refractivity contribution is 7.80. The van der Waals surface area contributed by atoms with E-state index in [2.05, 4.69) is 31.0 Å². The normalized spacial score (nSPS) is 12.0. The number of hydrogen-bond acceptors (Lipinski definition) is 3. The fraction of sp³-hybridized carbons (Fsp3) is 0.450. The number of anilines is 1. The van der Waals surface area contributed by atoms with Crippen molar-refractivity contribution in [1.29, 1.82) is 0 Å². The number of ether oxygens (including phenoxy) is 1. The maximum Gasteiger partial charge on any atom is 0.174 e. The predicted molar refractivity (Wildman–Crippen MR) is 107 cm³/mol. The molecule has 1 N–H and O–H groups in total. The maximum atomic E-state index is 5.72. The first-order valence-electron chi connectivity index (χ1n) is 8.85. The Morgan fingerprint density at radius 2 is 1.96 bits per heavy atom. The molecular weight excluding hydrogens is 332 g/mol. The highest BCUT2D eigenvalue weighted by atomic mass is 32.1. The fourth-order valence-corrected chi connectivity index (χ4v) is 2.95. The topological polar surface area (TPSA) is 37.6 Å². The van der Waals surface area contributed by atoms with Crippen LogP contribution in [0.25, 0.3) is 0 Å². The van der Waals surface area contributed by atoms with Crippen LogP contribution in [0.5, 0.6) is 5.75 Å². The van der Waals surface area contributed by atoms with E-state index in [1.807, 2.05) is 43.3 Å². The SMILES string of the molecule is CCOc1ccccc1NC(=S)N(CCC(C)C)[C@@H](C)c1ccco1. The number of para-hydroxylation sites is 2. The van der Waals surface area contributed by atoms with E-state index < -0.39 is 0 Å². The molecule has 0 bridgehead atoms. The highest BCUT2D eigenvalue weighted by Crippen LogP contribution is 2.27. The van der Waals surface area contributed by atoms with Crippen molar-refractivity contribution in [3.8, 4) is 5.75 Å². The Balaban J connectivity index is 2.17. The van der Waals surface area contributed by atoms with E-state index in [4.69, 9.17) is 21.4 Å². The van der Waals surface area contributed by atoms with E-state index in [0.717, 1.165) is 30.2 Å². The van der Waals surface area contributed by atoms with Crippen LogP contribution in [0.4, 0.5) is 5.69 Å². The summed E-state index contributed by atoms with van der Waals surface area (Å²) in [7, 11) is 0. The van der Waals surface area contributed by atoms with Crippen molar-refractivity contribution in [1.82, 2.24) is 4.90 Å². The number of rotatable bonds is 8. The summed E-state index contributed by atoms with van der Waals surface area (Å²) >= 11 is 5.72. The van der Waals surface area contributed by atoms with E-state index in [9.17, 15) is 0 Å². The van der Waals surface area contributed by atoms with Crippen LogP contribution >= 0.6 is 12.2 Å². The smallest absolute Gasteiger partial charge is 0.174 e. The zero-order valence-electron chi connectivity index (χ0n) is 15.5. The second kappa shape index (κ2) is 9.47. The maximum absolute atomic E-state index is 5.72. The average molecular weight is 361 g/mol. The molecule has 1 aromatic carbocycles. The van der Waals surface area contributed by atoms with E-state index >= 15 is 0 Å². The Hall–Kier alpha value is -2.01. The number of benzene rings is 1. The van der Waals surface area contributed by atoms with Crippen molar-refractivity contribution >= 4 is 23.0 Å². The lowest BCUT2D eigenvalue weighted by Crippen LogP contribution is -2.38. The van der Waals surface area contributed by atoms with Gasteiger partial charge in [0.25, 0.3) is 0 Å². The molecular formula is C20H28N2O2S. The van der Waals surface area contributed by atoms with Crippen LogP contribution in [-0.2, 0) is 0 Å². The Morgan fingerprint density at radius 1 is 1.20 bits per heavy atom.